The van der Waals surface area contributed by atoms with Gasteiger partial charge in [0.15, 0.2) is 11.5 Å². The van der Waals surface area contributed by atoms with Gasteiger partial charge in [0.05, 0.1) is 5.69 Å². The van der Waals surface area contributed by atoms with Gasteiger partial charge in [-0.15, -0.1) is 10.2 Å². The van der Waals surface area contributed by atoms with E-state index in [9.17, 15) is 9.90 Å². The Morgan fingerprint density at radius 2 is 1.90 bits per heavy atom. The monoisotopic (exact) mass is 280 g/mol. The minimum Gasteiger partial charge on any atom is -0.476 e. The van der Waals surface area contributed by atoms with Crippen LogP contribution in [0.3, 0.4) is 0 Å². The van der Waals surface area contributed by atoms with Crippen molar-refractivity contribution in [3.8, 4) is 0 Å². The van der Waals surface area contributed by atoms with Crippen LogP contribution in [0.2, 0.25) is 0 Å². The lowest BCUT2D eigenvalue weighted by Gasteiger charge is -1.96. The van der Waals surface area contributed by atoms with Gasteiger partial charge >= 0.3 is 5.97 Å². The molecule has 0 saturated heterocycles. The van der Waals surface area contributed by atoms with Gasteiger partial charge in [0, 0.05) is 6.20 Å². The van der Waals surface area contributed by atoms with E-state index in [0.717, 1.165) is 5.56 Å². The summed E-state index contributed by atoms with van der Waals surface area (Å²) < 4.78 is 1.60. The van der Waals surface area contributed by atoms with Crippen molar-refractivity contribution in [2.24, 2.45) is 10.2 Å². The molecule has 3 rings (SSSR count). The van der Waals surface area contributed by atoms with Gasteiger partial charge in [-0.1, -0.05) is 23.8 Å². The fraction of sp³-hybridized carbons (Fsp3) is 0.0667. The van der Waals surface area contributed by atoms with E-state index < -0.39 is 5.97 Å². The molecule has 2 heterocycles. The minimum atomic E-state index is -1.13. The van der Waals surface area contributed by atoms with Crippen molar-refractivity contribution in [1.29, 1.82) is 0 Å². The molecule has 0 atom stereocenters. The molecule has 1 N–H and O–H groups in total. The number of fused-ring (bicyclic) bond motifs is 1. The number of hydrogen-bond acceptors (Lipinski definition) is 4. The number of hydrogen-bond donors (Lipinski definition) is 1. The Balaban J connectivity index is 2.08. The number of benzene rings is 1. The highest BCUT2D eigenvalue weighted by Crippen LogP contribution is 2.24. The van der Waals surface area contributed by atoms with Crippen LogP contribution in [0.5, 0.6) is 0 Å². The molecule has 2 aromatic heterocycles. The van der Waals surface area contributed by atoms with Gasteiger partial charge in [0.1, 0.15) is 5.65 Å². The second-order valence-corrected chi connectivity index (χ2v) is 4.55. The Labute approximate surface area is 120 Å². The normalized spacial score (nSPS) is 11.3. The molecule has 3 aromatic rings. The quantitative estimate of drug-likeness (QED) is 0.742. The summed E-state index contributed by atoms with van der Waals surface area (Å²) in [5.74, 6) is -0.921. The van der Waals surface area contributed by atoms with Gasteiger partial charge < -0.3 is 5.11 Å². The Hall–Kier alpha value is -3.02. The average Bonchev–Trinajstić information content (AvgIpc) is 2.86. The van der Waals surface area contributed by atoms with Crippen molar-refractivity contribution in [3.63, 3.8) is 0 Å². The largest absolute Gasteiger partial charge is 0.476 e. The summed E-state index contributed by atoms with van der Waals surface area (Å²) in [6, 6.07) is 12.8. The molecule has 104 valence electrons. The van der Waals surface area contributed by atoms with Crippen molar-refractivity contribution < 1.29 is 9.90 Å². The molecular weight excluding hydrogens is 268 g/mol. The molecule has 0 spiro atoms. The van der Waals surface area contributed by atoms with E-state index in [1.54, 1.807) is 28.8 Å². The molecule has 0 aliphatic carbocycles. The Morgan fingerprint density at radius 1 is 1.14 bits per heavy atom. The van der Waals surface area contributed by atoms with Gasteiger partial charge in [0.25, 0.3) is 0 Å². The SMILES string of the molecule is Cc1ccc(N=Nc2c(C(=O)O)nc3ccccn23)cc1. The molecule has 21 heavy (non-hydrogen) atoms. The summed E-state index contributed by atoms with van der Waals surface area (Å²) >= 11 is 0. The average molecular weight is 280 g/mol. The van der Waals surface area contributed by atoms with Gasteiger partial charge in [-0.05, 0) is 31.2 Å². The first-order valence-corrected chi connectivity index (χ1v) is 6.34. The van der Waals surface area contributed by atoms with Crippen molar-refractivity contribution in [1.82, 2.24) is 9.38 Å². The number of aromatic carboxylic acids is 1. The standard InChI is InChI=1S/C15H12N4O2/c1-10-5-7-11(8-6-10)17-18-14-13(15(20)21)16-12-4-2-3-9-19(12)14/h2-9H,1H3,(H,20,21). The molecule has 6 heteroatoms. The zero-order valence-electron chi connectivity index (χ0n) is 11.3. The van der Waals surface area contributed by atoms with E-state index in [1.807, 2.05) is 31.2 Å². The summed E-state index contributed by atoms with van der Waals surface area (Å²) in [6.07, 6.45) is 1.71. The molecule has 1 aromatic carbocycles. The van der Waals surface area contributed by atoms with Crippen LogP contribution in [0, 0.1) is 6.92 Å². The Kier molecular flexibility index (Phi) is 3.19. The highest BCUT2D eigenvalue weighted by atomic mass is 16.4. The van der Waals surface area contributed by atoms with Crippen LogP contribution < -0.4 is 0 Å². The minimum absolute atomic E-state index is 0.114. The van der Waals surface area contributed by atoms with Crippen molar-refractivity contribution in [2.75, 3.05) is 0 Å². The van der Waals surface area contributed by atoms with Crippen LogP contribution >= 0.6 is 0 Å². The van der Waals surface area contributed by atoms with Crippen LogP contribution in [-0.2, 0) is 0 Å². The molecule has 0 saturated carbocycles. The number of carboxylic acids is 1. The van der Waals surface area contributed by atoms with Crippen LogP contribution in [0.15, 0.2) is 58.9 Å². The van der Waals surface area contributed by atoms with E-state index >= 15 is 0 Å². The molecule has 0 amide bonds. The fourth-order valence-electron chi connectivity index (χ4n) is 1.94. The predicted octanol–water partition coefficient (Wildman–Crippen LogP) is 3.76. The van der Waals surface area contributed by atoms with Crippen molar-refractivity contribution in [3.05, 3.63) is 59.9 Å². The second kappa shape index (κ2) is 5.16. The topological polar surface area (TPSA) is 79.3 Å². The summed E-state index contributed by atoms with van der Waals surface area (Å²) in [4.78, 5) is 15.3. The second-order valence-electron chi connectivity index (χ2n) is 4.55. The molecule has 0 radical (unpaired) electrons. The molecular formula is C15H12N4O2. The maximum absolute atomic E-state index is 11.3. The molecule has 6 nitrogen and oxygen atoms in total. The summed E-state index contributed by atoms with van der Waals surface area (Å²) in [6.45, 7) is 1.98. The maximum Gasteiger partial charge on any atom is 0.358 e. The molecule has 0 aliphatic rings. The molecule has 0 bridgehead atoms. The molecule has 0 unspecified atom stereocenters. The first-order valence-electron chi connectivity index (χ1n) is 6.34. The number of imidazole rings is 1. The number of carboxylic acid groups (broad SMARTS) is 1. The van der Waals surface area contributed by atoms with E-state index in [0.29, 0.717) is 11.3 Å². The number of pyridine rings is 1. The molecule has 0 aliphatic heterocycles. The number of rotatable bonds is 3. The van der Waals surface area contributed by atoms with Gasteiger partial charge in [-0.25, -0.2) is 9.78 Å². The third-order valence-electron chi connectivity index (χ3n) is 3.00. The Morgan fingerprint density at radius 3 is 2.62 bits per heavy atom. The highest BCUT2D eigenvalue weighted by molar-refractivity contribution is 5.91. The van der Waals surface area contributed by atoms with Crippen LogP contribution in [-0.4, -0.2) is 20.5 Å². The molecule has 0 fully saturated rings. The van der Waals surface area contributed by atoms with E-state index in [-0.39, 0.29) is 11.5 Å². The third kappa shape index (κ3) is 2.51. The lowest BCUT2D eigenvalue weighted by molar-refractivity contribution is 0.0692. The number of aromatic nitrogens is 2. The van der Waals surface area contributed by atoms with E-state index in [2.05, 4.69) is 15.2 Å². The Bertz CT molecular complexity index is 835. The number of aryl methyl sites for hydroxylation is 1. The zero-order chi connectivity index (χ0) is 14.8. The summed E-state index contributed by atoms with van der Waals surface area (Å²) in [7, 11) is 0. The summed E-state index contributed by atoms with van der Waals surface area (Å²) in [5, 5.41) is 17.4. The summed E-state index contributed by atoms with van der Waals surface area (Å²) in [5.41, 5.74) is 2.18. The fourth-order valence-corrected chi connectivity index (χ4v) is 1.94. The smallest absolute Gasteiger partial charge is 0.358 e. The van der Waals surface area contributed by atoms with E-state index in [4.69, 9.17) is 0 Å². The maximum atomic E-state index is 11.3. The van der Waals surface area contributed by atoms with Crippen molar-refractivity contribution >= 4 is 23.1 Å². The van der Waals surface area contributed by atoms with Crippen LogP contribution in [0.25, 0.3) is 5.65 Å². The van der Waals surface area contributed by atoms with Gasteiger partial charge in [-0.2, -0.15) is 0 Å². The number of azo groups is 1. The van der Waals surface area contributed by atoms with Crippen LogP contribution in [0.1, 0.15) is 16.1 Å². The lowest BCUT2D eigenvalue weighted by atomic mass is 10.2. The van der Waals surface area contributed by atoms with Crippen LogP contribution in [0.4, 0.5) is 11.5 Å². The number of nitrogens with zero attached hydrogens (tertiary/aromatic N) is 4. The lowest BCUT2D eigenvalue weighted by Crippen LogP contribution is -1.96. The van der Waals surface area contributed by atoms with Crippen molar-refractivity contribution in [2.45, 2.75) is 6.92 Å². The highest BCUT2D eigenvalue weighted by Gasteiger charge is 2.17. The van der Waals surface area contributed by atoms with Gasteiger partial charge in [0.2, 0.25) is 0 Å². The van der Waals surface area contributed by atoms with E-state index in [1.165, 1.54) is 0 Å². The first kappa shape index (κ1) is 13.0. The predicted molar refractivity (Wildman–Crippen MR) is 77.5 cm³/mol. The number of carbonyl (C=O) groups is 1. The van der Waals surface area contributed by atoms with Gasteiger partial charge in [-0.3, -0.25) is 4.40 Å². The third-order valence-corrected chi connectivity index (χ3v) is 3.00. The first-order chi connectivity index (χ1) is 10.1. The zero-order valence-corrected chi connectivity index (χ0v) is 11.3.